The number of thiophene rings is 1. The molecule has 0 aromatic carbocycles. The second-order valence-electron chi connectivity index (χ2n) is 5.06. The van der Waals surface area contributed by atoms with Gasteiger partial charge in [0.1, 0.15) is 0 Å². The van der Waals surface area contributed by atoms with Crippen molar-refractivity contribution >= 4 is 11.3 Å². The molecule has 1 N–H and O–H groups in total. The lowest BCUT2D eigenvalue weighted by Gasteiger charge is -2.33. The highest BCUT2D eigenvalue weighted by molar-refractivity contribution is 7.09. The average Bonchev–Trinajstić information content (AvgIpc) is 2.82. The Hall–Kier alpha value is -0.380. The molecule has 1 aromatic rings. The van der Waals surface area contributed by atoms with Crippen LogP contribution < -0.4 is 5.32 Å². The summed E-state index contributed by atoms with van der Waals surface area (Å²) in [6.45, 7) is 8.30. The summed E-state index contributed by atoms with van der Waals surface area (Å²) in [7, 11) is 0. The third-order valence-corrected chi connectivity index (χ3v) is 4.54. The highest BCUT2D eigenvalue weighted by Crippen LogP contribution is 2.14. The summed E-state index contributed by atoms with van der Waals surface area (Å²) < 4.78 is 0. The molecule has 3 heteroatoms. The molecule has 2 heterocycles. The molecule has 0 aliphatic carbocycles. The molecule has 0 saturated carbocycles. The van der Waals surface area contributed by atoms with Crippen molar-refractivity contribution in [2.75, 3.05) is 19.6 Å². The zero-order valence-corrected chi connectivity index (χ0v) is 11.8. The average molecular weight is 252 g/mol. The van der Waals surface area contributed by atoms with Gasteiger partial charge in [-0.25, -0.2) is 0 Å². The largest absolute Gasteiger partial charge is 0.311 e. The van der Waals surface area contributed by atoms with Crippen molar-refractivity contribution in [1.29, 1.82) is 0 Å². The number of rotatable bonds is 5. The van der Waals surface area contributed by atoms with Crippen LogP contribution in [-0.2, 0) is 6.42 Å². The first-order valence-corrected chi connectivity index (χ1v) is 7.66. The first-order chi connectivity index (χ1) is 8.28. The third-order valence-electron chi connectivity index (χ3n) is 3.64. The van der Waals surface area contributed by atoms with E-state index in [1.54, 1.807) is 0 Å². The van der Waals surface area contributed by atoms with E-state index in [2.05, 4.69) is 41.6 Å². The number of hydrogen-bond donors (Lipinski definition) is 1. The molecule has 1 fully saturated rings. The first-order valence-electron chi connectivity index (χ1n) is 6.78. The van der Waals surface area contributed by atoms with Gasteiger partial charge in [-0.1, -0.05) is 13.0 Å². The number of nitrogens with one attached hydrogen (secondary N) is 1. The minimum absolute atomic E-state index is 0.604. The van der Waals surface area contributed by atoms with Gasteiger partial charge in [-0.3, -0.25) is 0 Å². The van der Waals surface area contributed by atoms with Gasteiger partial charge in [0.15, 0.2) is 0 Å². The van der Waals surface area contributed by atoms with Crippen LogP contribution in [0.3, 0.4) is 0 Å². The Balaban J connectivity index is 1.70. The van der Waals surface area contributed by atoms with Crippen LogP contribution in [0, 0.1) is 0 Å². The highest BCUT2D eigenvalue weighted by Gasteiger charge is 2.19. The van der Waals surface area contributed by atoms with E-state index in [4.69, 9.17) is 0 Å². The van der Waals surface area contributed by atoms with Crippen LogP contribution >= 0.6 is 11.3 Å². The van der Waals surface area contributed by atoms with E-state index >= 15 is 0 Å². The second-order valence-corrected chi connectivity index (χ2v) is 6.09. The summed E-state index contributed by atoms with van der Waals surface area (Å²) in [6.07, 6.45) is 3.79. The molecule has 1 unspecified atom stereocenters. The molecular weight excluding hydrogens is 228 g/mol. The van der Waals surface area contributed by atoms with Gasteiger partial charge in [-0.2, -0.15) is 0 Å². The van der Waals surface area contributed by atoms with E-state index in [0.29, 0.717) is 6.04 Å². The Morgan fingerprint density at radius 3 is 2.82 bits per heavy atom. The van der Waals surface area contributed by atoms with E-state index in [9.17, 15) is 0 Å². The smallest absolute Gasteiger partial charge is 0.00940 e. The van der Waals surface area contributed by atoms with Crippen molar-refractivity contribution in [3.05, 3.63) is 22.4 Å². The maximum Gasteiger partial charge on any atom is 0.00940 e. The summed E-state index contributed by atoms with van der Waals surface area (Å²) >= 11 is 1.87. The summed E-state index contributed by atoms with van der Waals surface area (Å²) in [5.41, 5.74) is 0. The van der Waals surface area contributed by atoms with E-state index in [-0.39, 0.29) is 0 Å². The molecule has 2 rings (SSSR count). The summed E-state index contributed by atoms with van der Waals surface area (Å²) in [4.78, 5) is 4.04. The zero-order chi connectivity index (χ0) is 12.1. The molecule has 2 nitrogen and oxygen atoms in total. The quantitative estimate of drug-likeness (QED) is 0.867. The molecule has 0 bridgehead atoms. The lowest BCUT2D eigenvalue weighted by atomic mass is 10.0. The van der Waals surface area contributed by atoms with Crippen LogP contribution in [0.5, 0.6) is 0 Å². The fraction of sp³-hybridized carbons (Fsp3) is 0.714. The minimum atomic E-state index is 0.604. The van der Waals surface area contributed by atoms with E-state index in [1.807, 2.05) is 11.3 Å². The number of likely N-dealkylation sites (tertiary alicyclic amines) is 1. The van der Waals surface area contributed by atoms with E-state index < -0.39 is 0 Å². The minimum Gasteiger partial charge on any atom is -0.311 e. The predicted octanol–water partition coefficient (Wildman–Crippen LogP) is 2.75. The van der Waals surface area contributed by atoms with Gasteiger partial charge in [-0.05, 0) is 57.3 Å². The van der Waals surface area contributed by atoms with Gasteiger partial charge in [0.25, 0.3) is 0 Å². The lowest BCUT2D eigenvalue weighted by Crippen LogP contribution is -2.45. The molecule has 0 amide bonds. The monoisotopic (exact) mass is 252 g/mol. The SMILES string of the molecule is CCN1CCC(NC(C)Cc2cccs2)CC1. The molecule has 1 aliphatic rings. The molecule has 96 valence electrons. The zero-order valence-electron chi connectivity index (χ0n) is 11.0. The Bertz CT molecular complexity index is 302. The predicted molar refractivity (Wildman–Crippen MR) is 75.8 cm³/mol. The summed E-state index contributed by atoms with van der Waals surface area (Å²) in [6, 6.07) is 5.72. The van der Waals surface area contributed by atoms with Crippen molar-refractivity contribution in [2.45, 2.75) is 45.2 Å². The molecular formula is C14H24N2S. The number of piperidine rings is 1. The molecule has 1 aliphatic heterocycles. The molecule has 1 saturated heterocycles. The second kappa shape index (κ2) is 6.53. The first kappa shape index (κ1) is 13.1. The third kappa shape index (κ3) is 4.09. The van der Waals surface area contributed by atoms with Crippen LogP contribution in [0.2, 0.25) is 0 Å². The van der Waals surface area contributed by atoms with Gasteiger partial charge in [0.2, 0.25) is 0 Å². The number of nitrogens with zero attached hydrogens (tertiary/aromatic N) is 1. The van der Waals surface area contributed by atoms with Gasteiger partial charge in [-0.15, -0.1) is 11.3 Å². The molecule has 0 radical (unpaired) electrons. The Kier molecular flexibility index (Phi) is 5.01. The van der Waals surface area contributed by atoms with Crippen LogP contribution in [0.25, 0.3) is 0 Å². The number of hydrogen-bond acceptors (Lipinski definition) is 3. The van der Waals surface area contributed by atoms with E-state index in [1.165, 1.54) is 43.8 Å². The fourth-order valence-electron chi connectivity index (χ4n) is 2.61. The Morgan fingerprint density at radius 1 is 1.47 bits per heavy atom. The van der Waals surface area contributed by atoms with E-state index in [0.717, 1.165) is 6.04 Å². The maximum atomic E-state index is 3.78. The molecule has 17 heavy (non-hydrogen) atoms. The van der Waals surface area contributed by atoms with Crippen LogP contribution in [0.4, 0.5) is 0 Å². The topological polar surface area (TPSA) is 15.3 Å². The fourth-order valence-corrected chi connectivity index (χ4v) is 3.44. The van der Waals surface area contributed by atoms with Crippen molar-refractivity contribution in [2.24, 2.45) is 0 Å². The van der Waals surface area contributed by atoms with Crippen molar-refractivity contribution in [3.8, 4) is 0 Å². The Labute approximate surface area is 109 Å². The molecule has 1 aromatic heterocycles. The normalized spacial score (nSPS) is 20.6. The van der Waals surface area contributed by atoms with Crippen LogP contribution in [0.1, 0.15) is 31.6 Å². The molecule has 0 spiro atoms. The lowest BCUT2D eigenvalue weighted by molar-refractivity contribution is 0.200. The molecule has 1 atom stereocenters. The van der Waals surface area contributed by atoms with Gasteiger partial charge in [0, 0.05) is 17.0 Å². The van der Waals surface area contributed by atoms with Crippen molar-refractivity contribution in [3.63, 3.8) is 0 Å². The van der Waals surface area contributed by atoms with Crippen molar-refractivity contribution in [1.82, 2.24) is 10.2 Å². The summed E-state index contributed by atoms with van der Waals surface area (Å²) in [5, 5.41) is 5.95. The van der Waals surface area contributed by atoms with Gasteiger partial charge < -0.3 is 10.2 Å². The van der Waals surface area contributed by atoms with Crippen LogP contribution in [-0.4, -0.2) is 36.6 Å². The van der Waals surface area contributed by atoms with Gasteiger partial charge in [0.05, 0.1) is 0 Å². The highest BCUT2D eigenvalue weighted by atomic mass is 32.1. The van der Waals surface area contributed by atoms with Crippen molar-refractivity contribution < 1.29 is 0 Å². The summed E-state index contributed by atoms with van der Waals surface area (Å²) in [5.74, 6) is 0. The van der Waals surface area contributed by atoms with Crippen LogP contribution in [0.15, 0.2) is 17.5 Å². The van der Waals surface area contributed by atoms with Gasteiger partial charge >= 0.3 is 0 Å². The standard InChI is InChI=1S/C14H24N2S/c1-3-16-8-6-13(7-9-16)15-12(2)11-14-5-4-10-17-14/h4-5,10,12-13,15H,3,6-9,11H2,1-2H3. The maximum absolute atomic E-state index is 3.78. The Morgan fingerprint density at radius 2 is 2.24 bits per heavy atom.